The standard InChI is InChI=1S/C32H33Cl2N5O7S.C2HF3O2/c1-4-37(5-2)31(44)38-15-14-20-16-22(11-13-26(20)38)47(45,46)39-27-12-10-21(33)17-24(27)32(30(39)43,23-8-6-7-9-25(23)34)35-28(40)18-36(3)19-29(41)42;3-2(4,5)1(6)7/h6-13,16-17H,4-5,14-15,18-19H2,1-3H3,(H,35,40)(H,41,42);(H,6,7). The van der Waals surface area contributed by atoms with Crippen molar-refractivity contribution >= 4 is 74.4 Å². The first-order valence-electron chi connectivity index (χ1n) is 16.1. The van der Waals surface area contributed by atoms with Gasteiger partial charge in [-0.2, -0.15) is 17.5 Å². The summed E-state index contributed by atoms with van der Waals surface area (Å²) in [5, 5.41) is 19.2. The monoisotopic (exact) mass is 815 g/mol. The average Bonchev–Trinajstić information content (AvgIpc) is 3.61. The van der Waals surface area contributed by atoms with Gasteiger partial charge < -0.3 is 20.4 Å². The Balaban J connectivity index is 0.000000845. The average molecular weight is 817 g/mol. The van der Waals surface area contributed by atoms with E-state index in [2.05, 4.69) is 5.32 Å². The van der Waals surface area contributed by atoms with Gasteiger partial charge in [-0.25, -0.2) is 18.0 Å². The second-order valence-electron chi connectivity index (χ2n) is 12.0. The Morgan fingerprint density at radius 1 is 0.926 bits per heavy atom. The van der Waals surface area contributed by atoms with E-state index < -0.39 is 58.6 Å². The minimum Gasteiger partial charge on any atom is -0.480 e. The highest BCUT2D eigenvalue weighted by Crippen LogP contribution is 2.49. The number of hydrogen-bond donors (Lipinski definition) is 3. The molecular formula is C34H34Cl2F3N5O9S. The van der Waals surface area contributed by atoms with Gasteiger partial charge in [0.25, 0.3) is 15.9 Å². The van der Waals surface area contributed by atoms with Crippen molar-refractivity contribution in [3.63, 3.8) is 0 Å². The molecule has 0 aromatic heterocycles. The second kappa shape index (κ2) is 16.2. The van der Waals surface area contributed by atoms with Gasteiger partial charge in [0.05, 0.1) is 23.7 Å². The van der Waals surface area contributed by atoms with Crippen LogP contribution in [0.15, 0.2) is 65.6 Å². The van der Waals surface area contributed by atoms with Gasteiger partial charge in [0.15, 0.2) is 5.54 Å². The van der Waals surface area contributed by atoms with Crippen molar-refractivity contribution in [2.75, 3.05) is 49.0 Å². The molecule has 3 aromatic carbocycles. The summed E-state index contributed by atoms with van der Waals surface area (Å²) in [5.41, 5.74) is -0.807. The molecule has 0 saturated heterocycles. The predicted octanol–water partition coefficient (Wildman–Crippen LogP) is 4.56. The van der Waals surface area contributed by atoms with Crippen LogP contribution in [-0.2, 0) is 41.2 Å². The number of nitrogens with one attached hydrogen (secondary N) is 1. The third kappa shape index (κ3) is 8.25. The maximum Gasteiger partial charge on any atom is 0.490 e. The van der Waals surface area contributed by atoms with Gasteiger partial charge in [0.2, 0.25) is 5.91 Å². The molecule has 1 atom stereocenters. The number of carboxylic acid groups (broad SMARTS) is 2. The number of hydrogen-bond acceptors (Lipinski definition) is 8. The smallest absolute Gasteiger partial charge is 0.480 e. The highest BCUT2D eigenvalue weighted by Gasteiger charge is 2.58. The van der Waals surface area contributed by atoms with Crippen LogP contribution in [0.3, 0.4) is 0 Å². The third-order valence-electron chi connectivity index (χ3n) is 8.50. The molecule has 1 unspecified atom stereocenters. The van der Waals surface area contributed by atoms with Gasteiger partial charge in [0, 0.05) is 46.5 Å². The summed E-state index contributed by atoms with van der Waals surface area (Å²) in [6, 6.07) is 14.6. The lowest BCUT2D eigenvalue weighted by Crippen LogP contribution is -2.56. The van der Waals surface area contributed by atoms with Crippen LogP contribution >= 0.6 is 23.2 Å². The van der Waals surface area contributed by atoms with Crippen LogP contribution < -0.4 is 14.5 Å². The summed E-state index contributed by atoms with van der Waals surface area (Å²) in [6.07, 6.45) is -4.67. The summed E-state index contributed by atoms with van der Waals surface area (Å²) in [6.45, 7) is 4.29. The molecule has 0 fully saturated rings. The van der Waals surface area contributed by atoms with Crippen molar-refractivity contribution in [2.45, 2.75) is 36.9 Å². The molecule has 3 N–H and O–H groups in total. The molecule has 54 heavy (non-hydrogen) atoms. The van der Waals surface area contributed by atoms with E-state index in [-0.39, 0.29) is 37.8 Å². The first kappa shape index (κ1) is 41.8. The van der Waals surface area contributed by atoms with Gasteiger partial charge in [-0.15, -0.1) is 0 Å². The van der Waals surface area contributed by atoms with Gasteiger partial charge in [0.1, 0.15) is 0 Å². The van der Waals surface area contributed by atoms with E-state index in [0.29, 0.717) is 41.6 Å². The number of halogens is 5. The van der Waals surface area contributed by atoms with Crippen molar-refractivity contribution in [2.24, 2.45) is 0 Å². The number of sulfonamides is 1. The molecule has 0 bridgehead atoms. The van der Waals surface area contributed by atoms with Crippen molar-refractivity contribution in [1.82, 2.24) is 15.1 Å². The lowest BCUT2D eigenvalue weighted by molar-refractivity contribution is -0.192. The summed E-state index contributed by atoms with van der Waals surface area (Å²) >= 11 is 13.0. The molecule has 0 spiro atoms. The first-order valence-corrected chi connectivity index (χ1v) is 18.3. The van der Waals surface area contributed by atoms with E-state index >= 15 is 0 Å². The number of carboxylic acids is 2. The van der Waals surface area contributed by atoms with E-state index in [1.54, 1.807) is 28.0 Å². The van der Waals surface area contributed by atoms with E-state index in [1.165, 1.54) is 54.4 Å². The summed E-state index contributed by atoms with van der Waals surface area (Å²) in [4.78, 5) is 65.8. The maximum atomic E-state index is 14.7. The van der Waals surface area contributed by atoms with Crippen molar-refractivity contribution in [1.29, 1.82) is 0 Å². The van der Waals surface area contributed by atoms with Crippen LogP contribution in [0.4, 0.5) is 29.3 Å². The Kier molecular flexibility index (Phi) is 12.6. The minimum absolute atomic E-state index is 0.0441. The lowest BCUT2D eigenvalue weighted by Gasteiger charge is -2.32. The number of aliphatic carboxylic acids is 2. The van der Waals surface area contributed by atoms with Crippen molar-refractivity contribution < 1.29 is 55.8 Å². The molecule has 2 heterocycles. The fourth-order valence-electron chi connectivity index (χ4n) is 6.10. The van der Waals surface area contributed by atoms with Gasteiger partial charge >= 0.3 is 24.1 Å². The Hall–Kier alpha value is -4.91. The zero-order valence-electron chi connectivity index (χ0n) is 28.9. The quantitative estimate of drug-likeness (QED) is 0.262. The minimum atomic E-state index is -5.08. The van der Waals surface area contributed by atoms with Gasteiger partial charge in [-0.1, -0.05) is 41.4 Å². The van der Waals surface area contributed by atoms with E-state index in [4.69, 9.17) is 33.1 Å². The second-order valence-corrected chi connectivity index (χ2v) is 14.7. The number of urea groups is 1. The largest absolute Gasteiger partial charge is 0.490 e. The molecular weight excluding hydrogens is 782 g/mol. The topological polar surface area (TPSA) is 185 Å². The van der Waals surface area contributed by atoms with Crippen LogP contribution in [-0.4, -0.2) is 104 Å². The molecule has 5 rings (SSSR count). The fraction of sp³-hybridized carbons (Fsp3) is 0.324. The number of carbonyl (C=O) groups is 5. The molecule has 0 radical (unpaired) electrons. The fourth-order valence-corrected chi connectivity index (χ4v) is 8.07. The molecule has 0 saturated carbocycles. The summed E-state index contributed by atoms with van der Waals surface area (Å²) in [7, 11) is -3.21. The Morgan fingerprint density at radius 2 is 1.54 bits per heavy atom. The number of alkyl halides is 3. The van der Waals surface area contributed by atoms with Crippen LogP contribution in [0.2, 0.25) is 10.0 Å². The van der Waals surface area contributed by atoms with Crippen molar-refractivity contribution in [3.05, 3.63) is 87.4 Å². The molecule has 3 aromatic rings. The van der Waals surface area contributed by atoms with E-state index in [0.717, 1.165) is 0 Å². The molecule has 4 amide bonds. The van der Waals surface area contributed by atoms with Crippen LogP contribution in [0, 0.1) is 0 Å². The number of amides is 4. The molecule has 0 aliphatic carbocycles. The SMILES string of the molecule is CCN(CC)C(=O)N1CCc2cc(S(=O)(=O)N3C(=O)C(NC(=O)CN(C)CC(=O)O)(c4ccccc4Cl)c4cc(Cl)ccc43)ccc21.O=C(O)C(F)(F)F. The first-order chi connectivity index (χ1) is 25.2. The number of benzene rings is 3. The molecule has 14 nitrogen and oxygen atoms in total. The zero-order chi connectivity index (χ0) is 40.3. The number of rotatable bonds is 10. The Labute approximate surface area is 317 Å². The highest BCUT2D eigenvalue weighted by atomic mass is 35.5. The number of carbonyl (C=O) groups excluding carboxylic acids is 3. The molecule has 2 aliphatic heterocycles. The van der Waals surface area contributed by atoms with Crippen LogP contribution in [0.25, 0.3) is 0 Å². The molecule has 20 heteroatoms. The Morgan fingerprint density at radius 3 is 2.11 bits per heavy atom. The van der Waals surface area contributed by atoms with E-state index in [9.17, 15) is 45.9 Å². The Bertz CT molecular complexity index is 2100. The number of fused-ring (bicyclic) bond motifs is 2. The molecule has 290 valence electrons. The van der Waals surface area contributed by atoms with Crippen LogP contribution in [0.1, 0.15) is 30.5 Å². The van der Waals surface area contributed by atoms with Gasteiger partial charge in [-0.3, -0.25) is 24.2 Å². The number of nitrogens with zero attached hydrogens (tertiary/aromatic N) is 4. The number of likely N-dealkylation sites (N-methyl/N-ethyl adjacent to an activating group) is 1. The highest BCUT2D eigenvalue weighted by molar-refractivity contribution is 7.93. The number of anilines is 2. The lowest BCUT2D eigenvalue weighted by atomic mass is 9.83. The predicted molar refractivity (Wildman–Crippen MR) is 191 cm³/mol. The normalized spacial score (nSPS) is 16.4. The zero-order valence-corrected chi connectivity index (χ0v) is 31.2. The summed E-state index contributed by atoms with van der Waals surface area (Å²) in [5.74, 6) is -5.71. The van der Waals surface area contributed by atoms with Crippen LogP contribution in [0.5, 0.6) is 0 Å². The van der Waals surface area contributed by atoms with Crippen molar-refractivity contribution in [3.8, 4) is 0 Å². The summed E-state index contributed by atoms with van der Waals surface area (Å²) < 4.78 is 61.3. The maximum absolute atomic E-state index is 14.7. The van der Waals surface area contributed by atoms with E-state index in [1.807, 2.05) is 13.8 Å². The molecule has 2 aliphatic rings. The third-order valence-corrected chi connectivity index (χ3v) is 10.8. The van der Waals surface area contributed by atoms with Gasteiger partial charge in [-0.05, 0) is 75.3 Å².